The van der Waals surface area contributed by atoms with Gasteiger partial charge in [-0.2, -0.15) is 0 Å². The minimum atomic E-state index is 0.455. The van der Waals surface area contributed by atoms with Gasteiger partial charge in [0, 0.05) is 27.7 Å². The fourth-order valence-electron chi connectivity index (χ4n) is 2.61. The molecule has 0 radical (unpaired) electrons. The summed E-state index contributed by atoms with van der Waals surface area (Å²) in [5, 5.41) is 9.00. The molecule has 1 unspecified atom stereocenters. The molecule has 4 heteroatoms. The fraction of sp³-hybridized carbons (Fsp3) is 0.235. The maximum absolute atomic E-state index is 4.40. The van der Waals surface area contributed by atoms with Crippen molar-refractivity contribution in [2.45, 2.75) is 18.9 Å². The van der Waals surface area contributed by atoms with Gasteiger partial charge in [0.05, 0.1) is 6.04 Å². The van der Waals surface area contributed by atoms with E-state index in [-0.39, 0.29) is 0 Å². The number of thiophene rings is 1. The Hall–Kier alpha value is -1.65. The zero-order valence-electron chi connectivity index (χ0n) is 11.5. The second-order valence-electron chi connectivity index (χ2n) is 5.39. The summed E-state index contributed by atoms with van der Waals surface area (Å²) in [6.45, 7) is 0. The largest absolute Gasteiger partial charge is 0.377 e. The van der Waals surface area contributed by atoms with Gasteiger partial charge in [-0.15, -0.1) is 22.7 Å². The molecule has 1 atom stereocenters. The van der Waals surface area contributed by atoms with Crippen molar-refractivity contribution in [3.05, 3.63) is 58.2 Å². The van der Waals surface area contributed by atoms with Crippen LogP contribution in [0.2, 0.25) is 0 Å². The highest BCUT2D eigenvalue weighted by Crippen LogP contribution is 2.44. The normalized spacial score (nSPS) is 15.8. The fourth-order valence-corrected chi connectivity index (χ4v) is 4.11. The average Bonchev–Trinajstić information content (AvgIpc) is 3.01. The van der Waals surface area contributed by atoms with Crippen molar-refractivity contribution in [1.82, 2.24) is 4.98 Å². The average molecular weight is 312 g/mol. The van der Waals surface area contributed by atoms with Crippen LogP contribution in [-0.4, -0.2) is 4.98 Å². The molecule has 1 aromatic carbocycles. The molecule has 0 bridgehead atoms. The van der Waals surface area contributed by atoms with E-state index in [9.17, 15) is 0 Å². The van der Waals surface area contributed by atoms with Crippen LogP contribution in [0.5, 0.6) is 0 Å². The van der Waals surface area contributed by atoms with Crippen LogP contribution in [0.4, 0.5) is 5.69 Å². The van der Waals surface area contributed by atoms with Crippen LogP contribution in [0, 0.1) is 5.92 Å². The Bertz CT molecular complexity index is 700. The zero-order chi connectivity index (χ0) is 14.1. The molecule has 1 saturated carbocycles. The van der Waals surface area contributed by atoms with Crippen molar-refractivity contribution >= 4 is 28.4 Å². The highest BCUT2D eigenvalue weighted by molar-refractivity contribution is 7.13. The lowest BCUT2D eigenvalue weighted by Gasteiger charge is -2.18. The Balaban J connectivity index is 1.60. The van der Waals surface area contributed by atoms with Crippen LogP contribution >= 0.6 is 22.7 Å². The SMILES string of the molecule is c1cc(NC(c2cccs2)C2CC2)cc(-c2nccs2)c1. The van der Waals surface area contributed by atoms with E-state index in [0.29, 0.717) is 6.04 Å². The minimum absolute atomic E-state index is 0.455. The number of anilines is 1. The Labute approximate surface area is 132 Å². The van der Waals surface area contributed by atoms with Gasteiger partial charge in [-0.05, 0) is 42.3 Å². The number of aromatic nitrogens is 1. The second-order valence-corrected chi connectivity index (χ2v) is 7.27. The lowest BCUT2D eigenvalue weighted by atomic mass is 10.1. The monoisotopic (exact) mass is 312 g/mol. The molecule has 3 aromatic rings. The van der Waals surface area contributed by atoms with E-state index in [4.69, 9.17) is 0 Å². The predicted octanol–water partition coefficient (Wildman–Crippen LogP) is 5.43. The zero-order valence-corrected chi connectivity index (χ0v) is 13.2. The summed E-state index contributed by atoms with van der Waals surface area (Å²) in [4.78, 5) is 5.84. The number of nitrogens with one attached hydrogen (secondary N) is 1. The summed E-state index contributed by atoms with van der Waals surface area (Å²) >= 11 is 3.53. The van der Waals surface area contributed by atoms with Crippen molar-refractivity contribution in [1.29, 1.82) is 0 Å². The topological polar surface area (TPSA) is 24.9 Å². The van der Waals surface area contributed by atoms with Gasteiger partial charge in [0.2, 0.25) is 0 Å². The van der Waals surface area contributed by atoms with E-state index in [2.05, 4.69) is 52.1 Å². The summed E-state index contributed by atoms with van der Waals surface area (Å²) in [5.41, 5.74) is 2.38. The van der Waals surface area contributed by atoms with E-state index >= 15 is 0 Å². The molecule has 0 saturated heterocycles. The van der Waals surface area contributed by atoms with Gasteiger partial charge in [0.15, 0.2) is 0 Å². The van der Waals surface area contributed by atoms with Crippen LogP contribution < -0.4 is 5.32 Å². The third kappa shape index (κ3) is 2.87. The first-order valence-electron chi connectivity index (χ1n) is 7.20. The van der Waals surface area contributed by atoms with E-state index in [0.717, 1.165) is 10.9 Å². The molecule has 0 amide bonds. The van der Waals surface area contributed by atoms with Gasteiger partial charge < -0.3 is 5.32 Å². The van der Waals surface area contributed by atoms with Crippen LogP contribution in [-0.2, 0) is 0 Å². The number of benzene rings is 1. The third-order valence-electron chi connectivity index (χ3n) is 3.81. The number of nitrogens with zero attached hydrogens (tertiary/aromatic N) is 1. The predicted molar refractivity (Wildman–Crippen MR) is 91.0 cm³/mol. The van der Waals surface area contributed by atoms with Gasteiger partial charge in [-0.25, -0.2) is 4.98 Å². The summed E-state index contributed by atoms with van der Waals surface area (Å²) in [5.74, 6) is 0.784. The quantitative estimate of drug-likeness (QED) is 0.679. The van der Waals surface area contributed by atoms with Gasteiger partial charge in [-0.3, -0.25) is 0 Å². The van der Waals surface area contributed by atoms with E-state index in [1.807, 2.05) is 22.9 Å². The van der Waals surface area contributed by atoms with Gasteiger partial charge in [0.25, 0.3) is 0 Å². The molecular formula is C17H16N2S2. The Morgan fingerprint density at radius 1 is 1.10 bits per heavy atom. The van der Waals surface area contributed by atoms with Gasteiger partial charge in [-0.1, -0.05) is 18.2 Å². The van der Waals surface area contributed by atoms with Crippen LogP contribution in [0.15, 0.2) is 53.4 Å². The van der Waals surface area contributed by atoms with Crippen LogP contribution in [0.3, 0.4) is 0 Å². The van der Waals surface area contributed by atoms with Crippen LogP contribution in [0.1, 0.15) is 23.8 Å². The molecule has 4 rings (SSSR count). The van der Waals surface area contributed by atoms with Gasteiger partial charge >= 0.3 is 0 Å². The maximum atomic E-state index is 4.40. The molecule has 2 nitrogen and oxygen atoms in total. The first-order chi connectivity index (χ1) is 10.4. The lowest BCUT2D eigenvalue weighted by Crippen LogP contribution is -2.11. The molecule has 1 N–H and O–H groups in total. The highest BCUT2D eigenvalue weighted by atomic mass is 32.1. The molecule has 0 aliphatic heterocycles. The Kier molecular flexibility index (Phi) is 3.49. The Morgan fingerprint density at radius 3 is 2.76 bits per heavy atom. The maximum Gasteiger partial charge on any atom is 0.123 e. The number of thiazole rings is 1. The van der Waals surface area contributed by atoms with Crippen LogP contribution in [0.25, 0.3) is 10.6 Å². The molecule has 21 heavy (non-hydrogen) atoms. The number of hydrogen-bond donors (Lipinski definition) is 1. The molecule has 2 heterocycles. The summed E-state index contributed by atoms with van der Waals surface area (Å²) < 4.78 is 0. The van der Waals surface area contributed by atoms with Crippen molar-refractivity contribution < 1.29 is 0 Å². The van der Waals surface area contributed by atoms with Gasteiger partial charge in [0.1, 0.15) is 5.01 Å². The first kappa shape index (κ1) is 13.0. The summed E-state index contributed by atoms with van der Waals surface area (Å²) in [6.07, 6.45) is 4.53. The summed E-state index contributed by atoms with van der Waals surface area (Å²) in [7, 11) is 0. The molecule has 1 aliphatic carbocycles. The summed E-state index contributed by atoms with van der Waals surface area (Å²) in [6, 6.07) is 13.4. The molecule has 1 aliphatic rings. The molecule has 1 fully saturated rings. The van der Waals surface area contributed by atoms with Crippen molar-refractivity contribution in [3.8, 4) is 10.6 Å². The first-order valence-corrected chi connectivity index (χ1v) is 8.96. The van der Waals surface area contributed by atoms with Crippen molar-refractivity contribution in [2.24, 2.45) is 5.92 Å². The molecule has 0 spiro atoms. The van der Waals surface area contributed by atoms with E-state index < -0.39 is 0 Å². The third-order valence-corrected chi connectivity index (χ3v) is 5.58. The van der Waals surface area contributed by atoms with Crippen molar-refractivity contribution in [2.75, 3.05) is 5.32 Å². The number of hydrogen-bond acceptors (Lipinski definition) is 4. The molecule has 2 aromatic heterocycles. The molecule has 106 valence electrons. The van der Waals surface area contributed by atoms with E-state index in [1.54, 1.807) is 11.3 Å². The second kappa shape index (κ2) is 5.62. The van der Waals surface area contributed by atoms with E-state index in [1.165, 1.54) is 29.0 Å². The number of rotatable bonds is 5. The lowest BCUT2D eigenvalue weighted by molar-refractivity contribution is 0.691. The smallest absolute Gasteiger partial charge is 0.123 e. The van der Waals surface area contributed by atoms with Crippen molar-refractivity contribution in [3.63, 3.8) is 0 Å². The molecular weight excluding hydrogens is 296 g/mol. The Morgan fingerprint density at radius 2 is 2.05 bits per heavy atom. The minimum Gasteiger partial charge on any atom is -0.377 e. The highest BCUT2D eigenvalue weighted by Gasteiger charge is 2.32. The standard InChI is InChI=1S/C17H16N2S2/c1-3-13(17-18-8-10-21-17)11-14(4-1)19-16(12-6-7-12)15-5-2-9-20-15/h1-5,8-12,16,19H,6-7H2.